The first kappa shape index (κ1) is 12.4. The van der Waals surface area contributed by atoms with E-state index in [1.807, 2.05) is 19.2 Å². The SMILES string of the molecule is CNC(C)c1ccc(-c2cc(C)cc(Br)c2)o1. The normalized spacial score (nSPS) is 12.7. The topological polar surface area (TPSA) is 25.2 Å². The summed E-state index contributed by atoms with van der Waals surface area (Å²) in [4.78, 5) is 0. The van der Waals surface area contributed by atoms with Crippen LogP contribution in [-0.2, 0) is 0 Å². The zero-order valence-corrected chi connectivity index (χ0v) is 11.8. The lowest BCUT2D eigenvalue weighted by Crippen LogP contribution is -2.10. The molecule has 0 radical (unpaired) electrons. The van der Waals surface area contributed by atoms with E-state index in [2.05, 4.69) is 53.3 Å². The first-order chi connectivity index (χ1) is 8.10. The Morgan fingerprint density at radius 3 is 2.65 bits per heavy atom. The van der Waals surface area contributed by atoms with E-state index in [0.717, 1.165) is 21.6 Å². The first-order valence-corrected chi connectivity index (χ1v) is 6.44. The van der Waals surface area contributed by atoms with Crippen molar-refractivity contribution in [1.82, 2.24) is 5.32 Å². The van der Waals surface area contributed by atoms with Gasteiger partial charge in [-0.05, 0) is 56.8 Å². The molecule has 0 aliphatic rings. The summed E-state index contributed by atoms with van der Waals surface area (Å²) in [6.07, 6.45) is 0. The molecule has 0 saturated carbocycles. The van der Waals surface area contributed by atoms with E-state index < -0.39 is 0 Å². The maximum Gasteiger partial charge on any atom is 0.134 e. The van der Waals surface area contributed by atoms with Crippen molar-refractivity contribution >= 4 is 15.9 Å². The number of benzene rings is 1. The molecule has 0 aliphatic heterocycles. The van der Waals surface area contributed by atoms with Crippen molar-refractivity contribution in [3.05, 3.63) is 46.1 Å². The van der Waals surface area contributed by atoms with E-state index in [-0.39, 0.29) is 6.04 Å². The molecule has 1 unspecified atom stereocenters. The minimum Gasteiger partial charge on any atom is -0.459 e. The first-order valence-electron chi connectivity index (χ1n) is 5.64. The highest BCUT2D eigenvalue weighted by atomic mass is 79.9. The van der Waals surface area contributed by atoms with Crippen LogP contribution in [0.5, 0.6) is 0 Å². The Morgan fingerprint density at radius 2 is 2.00 bits per heavy atom. The average molecular weight is 294 g/mol. The molecule has 0 bridgehead atoms. The van der Waals surface area contributed by atoms with Gasteiger partial charge >= 0.3 is 0 Å². The van der Waals surface area contributed by atoms with Crippen LogP contribution in [0.15, 0.2) is 39.2 Å². The maximum absolute atomic E-state index is 5.85. The summed E-state index contributed by atoms with van der Waals surface area (Å²) in [5.74, 6) is 1.87. The van der Waals surface area contributed by atoms with Crippen molar-refractivity contribution in [1.29, 1.82) is 0 Å². The Balaban J connectivity index is 2.36. The van der Waals surface area contributed by atoms with Crippen LogP contribution in [0, 0.1) is 6.92 Å². The van der Waals surface area contributed by atoms with Gasteiger partial charge in [-0.3, -0.25) is 0 Å². The van der Waals surface area contributed by atoms with Gasteiger partial charge in [0.15, 0.2) is 0 Å². The summed E-state index contributed by atoms with van der Waals surface area (Å²) in [5, 5.41) is 3.17. The zero-order chi connectivity index (χ0) is 12.4. The summed E-state index contributed by atoms with van der Waals surface area (Å²) >= 11 is 3.51. The largest absolute Gasteiger partial charge is 0.459 e. The van der Waals surface area contributed by atoms with E-state index >= 15 is 0 Å². The lowest BCUT2D eigenvalue weighted by atomic mass is 10.1. The van der Waals surface area contributed by atoms with Crippen LogP contribution in [-0.4, -0.2) is 7.05 Å². The fraction of sp³-hybridized carbons (Fsp3) is 0.286. The molecule has 2 aromatic rings. The Morgan fingerprint density at radius 1 is 1.24 bits per heavy atom. The molecule has 2 rings (SSSR count). The molecule has 0 amide bonds. The van der Waals surface area contributed by atoms with E-state index in [9.17, 15) is 0 Å². The van der Waals surface area contributed by atoms with Gasteiger partial charge < -0.3 is 9.73 Å². The highest BCUT2D eigenvalue weighted by Crippen LogP contribution is 2.28. The number of furan rings is 1. The lowest BCUT2D eigenvalue weighted by molar-refractivity contribution is 0.458. The lowest BCUT2D eigenvalue weighted by Gasteiger charge is -2.06. The van der Waals surface area contributed by atoms with Crippen LogP contribution in [0.4, 0.5) is 0 Å². The number of nitrogens with one attached hydrogen (secondary N) is 1. The molecule has 1 atom stereocenters. The van der Waals surface area contributed by atoms with Crippen LogP contribution in [0.3, 0.4) is 0 Å². The number of hydrogen-bond acceptors (Lipinski definition) is 2. The Kier molecular flexibility index (Phi) is 3.69. The molecule has 0 aliphatic carbocycles. The maximum atomic E-state index is 5.85. The molecule has 1 N–H and O–H groups in total. The van der Waals surface area contributed by atoms with Crippen molar-refractivity contribution in [2.45, 2.75) is 19.9 Å². The molecular weight excluding hydrogens is 278 g/mol. The monoisotopic (exact) mass is 293 g/mol. The molecule has 0 fully saturated rings. The Hall–Kier alpha value is -1.06. The Labute approximate surface area is 110 Å². The Bertz CT molecular complexity index is 498. The van der Waals surface area contributed by atoms with Crippen molar-refractivity contribution in [3.63, 3.8) is 0 Å². The molecule has 1 heterocycles. The van der Waals surface area contributed by atoms with E-state index in [4.69, 9.17) is 4.42 Å². The van der Waals surface area contributed by atoms with Gasteiger partial charge in [0.25, 0.3) is 0 Å². The molecule has 0 spiro atoms. The second-order valence-electron chi connectivity index (χ2n) is 4.23. The van der Waals surface area contributed by atoms with E-state index in [1.165, 1.54) is 5.56 Å². The predicted octanol–water partition coefficient (Wildman–Crippen LogP) is 4.30. The van der Waals surface area contributed by atoms with E-state index in [1.54, 1.807) is 0 Å². The molecule has 1 aromatic carbocycles. The molecule has 17 heavy (non-hydrogen) atoms. The number of rotatable bonds is 3. The second-order valence-corrected chi connectivity index (χ2v) is 5.15. The molecule has 3 heteroatoms. The summed E-state index contributed by atoms with van der Waals surface area (Å²) in [5.41, 5.74) is 2.32. The predicted molar refractivity (Wildman–Crippen MR) is 74.1 cm³/mol. The number of halogens is 1. The van der Waals surface area contributed by atoms with Crippen LogP contribution >= 0.6 is 15.9 Å². The molecule has 90 valence electrons. The minimum atomic E-state index is 0.233. The summed E-state index contributed by atoms with van der Waals surface area (Å²) in [6, 6.07) is 10.6. The molecule has 1 aromatic heterocycles. The summed E-state index contributed by atoms with van der Waals surface area (Å²) in [7, 11) is 1.93. The highest BCUT2D eigenvalue weighted by molar-refractivity contribution is 9.10. The third-order valence-electron chi connectivity index (χ3n) is 2.81. The van der Waals surface area contributed by atoms with Crippen molar-refractivity contribution < 1.29 is 4.42 Å². The smallest absolute Gasteiger partial charge is 0.134 e. The standard InChI is InChI=1S/C14H16BrNO/c1-9-6-11(8-12(15)7-9)14-5-4-13(17-14)10(2)16-3/h4-8,10,16H,1-3H3. The van der Waals surface area contributed by atoms with Crippen LogP contribution in [0.2, 0.25) is 0 Å². The number of hydrogen-bond donors (Lipinski definition) is 1. The van der Waals surface area contributed by atoms with Gasteiger partial charge in [-0.1, -0.05) is 15.9 Å². The average Bonchev–Trinajstić information content (AvgIpc) is 2.76. The minimum absolute atomic E-state index is 0.233. The van der Waals surface area contributed by atoms with Crippen molar-refractivity contribution in [3.8, 4) is 11.3 Å². The van der Waals surface area contributed by atoms with Crippen LogP contribution < -0.4 is 5.32 Å². The van der Waals surface area contributed by atoms with Crippen molar-refractivity contribution in [2.24, 2.45) is 0 Å². The van der Waals surface area contributed by atoms with E-state index in [0.29, 0.717) is 0 Å². The zero-order valence-electron chi connectivity index (χ0n) is 10.3. The summed E-state index contributed by atoms with van der Waals surface area (Å²) < 4.78 is 6.93. The van der Waals surface area contributed by atoms with Gasteiger partial charge in [-0.15, -0.1) is 0 Å². The number of aryl methyl sites for hydroxylation is 1. The molecule has 2 nitrogen and oxygen atoms in total. The third-order valence-corrected chi connectivity index (χ3v) is 3.27. The van der Waals surface area contributed by atoms with Gasteiger partial charge in [-0.2, -0.15) is 0 Å². The fourth-order valence-electron chi connectivity index (χ4n) is 1.76. The van der Waals surface area contributed by atoms with Crippen molar-refractivity contribution in [2.75, 3.05) is 7.05 Å². The fourth-order valence-corrected chi connectivity index (χ4v) is 2.37. The third kappa shape index (κ3) is 2.79. The van der Waals surface area contributed by atoms with Gasteiger partial charge in [0.2, 0.25) is 0 Å². The molecular formula is C14H16BrNO. The quantitative estimate of drug-likeness (QED) is 0.913. The van der Waals surface area contributed by atoms with Gasteiger partial charge in [0.05, 0.1) is 6.04 Å². The molecule has 0 saturated heterocycles. The summed E-state index contributed by atoms with van der Waals surface area (Å²) in [6.45, 7) is 4.16. The van der Waals surface area contributed by atoms with Gasteiger partial charge in [0.1, 0.15) is 11.5 Å². The van der Waals surface area contributed by atoms with Gasteiger partial charge in [0, 0.05) is 10.0 Å². The second kappa shape index (κ2) is 5.07. The van der Waals surface area contributed by atoms with Crippen LogP contribution in [0.25, 0.3) is 11.3 Å². The van der Waals surface area contributed by atoms with Gasteiger partial charge in [-0.25, -0.2) is 0 Å². The van der Waals surface area contributed by atoms with Crippen LogP contribution in [0.1, 0.15) is 24.3 Å². The highest BCUT2D eigenvalue weighted by Gasteiger charge is 2.10.